The molecule has 0 saturated heterocycles. The summed E-state index contributed by atoms with van der Waals surface area (Å²) >= 11 is 0. The van der Waals surface area contributed by atoms with E-state index in [9.17, 15) is 8.78 Å². The van der Waals surface area contributed by atoms with Gasteiger partial charge in [-0.2, -0.15) is 0 Å². The van der Waals surface area contributed by atoms with Crippen molar-refractivity contribution in [2.75, 3.05) is 0 Å². The second kappa shape index (κ2) is 2.30. The van der Waals surface area contributed by atoms with E-state index in [1.807, 2.05) is 0 Å². The molecule has 0 fully saturated rings. The predicted molar refractivity (Wildman–Crippen MR) is 40.9 cm³/mol. The van der Waals surface area contributed by atoms with Gasteiger partial charge in [-0.15, -0.1) is 0 Å². The molecule has 0 aliphatic carbocycles. The molecule has 3 heteroatoms. The van der Waals surface area contributed by atoms with Crippen molar-refractivity contribution in [2.24, 2.45) is 0 Å². The number of fused-ring (bicyclic) bond motifs is 1. The normalized spacial score (nSPS) is 10.9. The summed E-state index contributed by atoms with van der Waals surface area (Å²) < 4.78 is 30.7. The van der Waals surface area contributed by atoms with E-state index in [0.29, 0.717) is 11.0 Å². The predicted octanol–water partition coefficient (Wildman–Crippen LogP) is 3.02. The van der Waals surface area contributed by atoms with Gasteiger partial charge in [0.05, 0.1) is 6.26 Å². The Morgan fingerprint density at radius 2 is 2.08 bits per heavy atom. The Bertz CT molecular complexity index is 431. The van der Waals surface area contributed by atoms with E-state index in [1.165, 1.54) is 13.2 Å². The number of hydrogen-bond acceptors (Lipinski definition) is 1. The summed E-state index contributed by atoms with van der Waals surface area (Å²) in [5.41, 5.74) is 0.629. The molecule has 0 aliphatic rings. The third-order valence-corrected chi connectivity index (χ3v) is 1.86. The van der Waals surface area contributed by atoms with Gasteiger partial charge < -0.3 is 4.42 Å². The van der Waals surface area contributed by atoms with Crippen molar-refractivity contribution < 1.29 is 13.2 Å². The average molecular weight is 168 g/mol. The molecule has 0 bridgehead atoms. The van der Waals surface area contributed by atoms with Crippen LogP contribution in [0.15, 0.2) is 22.8 Å². The zero-order valence-electron chi connectivity index (χ0n) is 6.40. The van der Waals surface area contributed by atoms with Gasteiger partial charge in [-0.05, 0) is 19.1 Å². The van der Waals surface area contributed by atoms with Crippen LogP contribution in [0.2, 0.25) is 0 Å². The smallest absolute Gasteiger partial charge is 0.165 e. The highest BCUT2D eigenvalue weighted by Gasteiger charge is 2.11. The molecule has 0 unspecified atom stereocenters. The first-order chi connectivity index (χ1) is 5.70. The lowest BCUT2D eigenvalue weighted by molar-refractivity contribution is 0.501. The Balaban J connectivity index is 2.94. The standard InChI is InChI=1S/C9H6F2O/c1-5-8(11)7(10)4-6-2-3-12-9(5)6/h2-4H,1H3. The molecule has 0 spiro atoms. The average Bonchev–Trinajstić information content (AvgIpc) is 2.48. The topological polar surface area (TPSA) is 13.1 Å². The number of furan rings is 1. The summed E-state index contributed by atoms with van der Waals surface area (Å²) in [7, 11) is 0. The van der Waals surface area contributed by atoms with Crippen molar-refractivity contribution in [3.63, 3.8) is 0 Å². The van der Waals surface area contributed by atoms with Gasteiger partial charge >= 0.3 is 0 Å². The fourth-order valence-corrected chi connectivity index (χ4v) is 1.22. The van der Waals surface area contributed by atoms with Gasteiger partial charge in [0.25, 0.3) is 0 Å². The Morgan fingerprint density at radius 1 is 1.33 bits per heavy atom. The van der Waals surface area contributed by atoms with Crippen LogP contribution in [0.3, 0.4) is 0 Å². The summed E-state index contributed by atoms with van der Waals surface area (Å²) in [4.78, 5) is 0. The fourth-order valence-electron chi connectivity index (χ4n) is 1.22. The summed E-state index contributed by atoms with van der Waals surface area (Å²) in [6, 6.07) is 2.73. The molecule has 2 rings (SSSR count). The summed E-state index contributed by atoms with van der Waals surface area (Å²) in [5.74, 6) is -1.67. The van der Waals surface area contributed by atoms with Crippen LogP contribution in [0, 0.1) is 18.6 Å². The van der Waals surface area contributed by atoms with Gasteiger partial charge in [0.2, 0.25) is 0 Å². The van der Waals surface area contributed by atoms with Crippen LogP contribution in [0.5, 0.6) is 0 Å². The molecule has 0 atom stereocenters. The van der Waals surface area contributed by atoms with E-state index < -0.39 is 11.6 Å². The molecule has 1 aromatic carbocycles. The summed E-state index contributed by atoms with van der Waals surface area (Å²) in [6.07, 6.45) is 1.41. The SMILES string of the molecule is Cc1c(F)c(F)cc2ccoc12. The lowest BCUT2D eigenvalue weighted by Gasteiger charge is -1.97. The zero-order valence-corrected chi connectivity index (χ0v) is 6.40. The molecule has 1 aromatic heterocycles. The third-order valence-electron chi connectivity index (χ3n) is 1.86. The van der Waals surface area contributed by atoms with Gasteiger partial charge in [0.1, 0.15) is 5.58 Å². The number of benzene rings is 1. The van der Waals surface area contributed by atoms with Gasteiger partial charge in [-0.1, -0.05) is 0 Å². The minimum atomic E-state index is -0.836. The molecule has 12 heavy (non-hydrogen) atoms. The molecule has 0 N–H and O–H groups in total. The Kier molecular flexibility index (Phi) is 1.40. The quantitative estimate of drug-likeness (QED) is 0.589. The minimum Gasteiger partial charge on any atom is -0.464 e. The maximum Gasteiger partial charge on any atom is 0.165 e. The molecular weight excluding hydrogens is 162 g/mol. The maximum atomic E-state index is 12.9. The number of aryl methyl sites for hydroxylation is 1. The zero-order chi connectivity index (χ0) is 8.72. The van der Waals surface area contributed by atoms with Crippen LogP contribution in [-0.2, 0) is 0 Å². The van der Waals surface area contributed by atoms with Crippen molar-refractivity contribution >= 4 is 11.0 Å². The van der Waals surface area contributed by atoms with E-state index in [1.54, 1.807) is 6.07 Å². The van der Waals surface area contributed by atoms with Crippen molar-refractivity contribution in [3.05, 3.63) is 35.6 Å². The second-order valence-electron chi connectivity index (χ2n) is 2.64. The Morgan fingerprint density at radius 3 is 2.83 bits per heavy atom. The van der Waals surface area contributed by atoms with E-state index >= 15 is 0 Å². The van der Waals surface area contributed by atoms with Crippen LogP contribution >= 0.6 is 0 Å². The highest BCUT2D eigenvalue weighted by atomic mass is 19.2. The van der Waals surface area contributed by atoms with Gasteiger partial charge in [-0.25, -0.2) is 8.78 Å². The van der Waals surface area contributed by atoms with Gasteiger partial charge in [0, 0.05) is 10.9 Å². The first-order valence-corrected chi connectivity index (χ1v) is 3.52. The summed E-state index contributed by atoms with van der Waals surface area (Å²) in [6.45, 7) is 1.49. The highest BCUT2D eigenvalue weighted by Crippen LogP contribution is 2.23. The monoisotopic (exact) mass is 168 g/mol. The molecule has 0 amide bonds. The van der Waals surface area contributed by atoms with Crippen LogP contribution in [0.4, 0.5) is 8.78 Å². The van der Waals surface area contributed by atoms with Gasteiger partial charge in [-0.3, -0.25) is 0 Å². The van der Waals surface area contributed by atoms with Crippen LogP contribution in [0.25, 0.3) is 11.0 Å². The number of halogens is 2. The van der Waals surface area contributed by atoms with Crippen LogP contribution < -0.4 is 0 Å². The molecule has 62 valence electrons. The van der Waals surface area contributed by atoms with Crippen molar-refractivity contribution in [1.82, 2.24) is 0 Å². The number of hydrogen-bond donors (Lipinski definition) is 0. The minimum absolute atomic E-state index is 0.218. The third kappa shape index (κ3) is 0.826. The molecule has 0 radical (unpaired) electrons. The van der Waals surface area contributed by atoms with E-state index in [4.69, 9.17) is 4.42 Å². The lowest BCUT2D eigenvalue weighted by Crippen LogP contribution is -1.88. The molecule has 1 heterocycles. The molecule has 1 nitrogen and oxygen atoms in total. The fraction of sp³-hybridized carbons (Fsp3) is 0.111. The Labute approximate surface area is 67.6 Å². The van der Waals surface area contributed by atoms with Crippen LogP contribution in [-0.4, -0.2) is 0 Å². The first-order valence-electron chi connectivity index (χ1n) is 3.52. The molecular formula is C9H6F2O. The van der Waals surface area contributed by atoms with Gasteiger partial charge in [0.15, 0.2) is 11.6 Å². The molecule has 2 aromatic rings. The first kappa shape index (κ1) is 7.28. The van der Waals surface area contributed by atoms with E-state index in [0.717, 1.165) is 6.07 Å². The van der Waals surface area contributed by atoms with Crippen molar-refractivity contribution in [2.45, 2.75) is 6.92 Å². The van der Waals surface area contributed by atoms with E-state index in [2.05, 4.69) is 0 Å². The molecule has 0 aliphatic heterocycles. The largest absolute Gasteiger partial charge is 0.464 e. The maximum absolute atomic E-state index is 12.9. The van der Waals surface area contributed by atoms with E-state index in [-0.39, 0.29) is 5.56 Å². The second-order valence-corrected chi connectivity index (χ2v) is 2.64. The summed E-state index contributed by atoms with van der Waals surface area (Å²) in [5, 5.41) is 0.589. The molecule has 0 saturated carbocycles. The van der Waals surface area contributed by atoms with Crippen molar-refractivity contribution in [1.29, 1.82) is 0 Å². The van der Waals surface area contributed by atoms with Crippen LogP contribution in [0.1, 0.15) is 5.56 Å². The van der Waals surface area contributed by atoms with Crippen molar-refractivity contribution in [3.8, 4) is 0 Å². The number of rotatable bonds is 0. The lowest BCUT2D eigenvalue weighted by atomic mass is 10.1. The highest BCUT2D eigenvalue weighted by molar-refractivity contribution is 5.80. The Hall–Kier alpha value is -1.38.